The second kappa shape index (κ2) is 11.7. The van der Waals surface area contributed by atoms with Crippen LogP contribution in [0.4, 0.5) is 0 Å². The van der Waals surface area contributed by atoms with Crippen molar-refractivity contribution in [1.29, 1.82) is 0 Å². The highest BCUT2D eigenvalue weighted by Crippen LogP contribution is 2.48. The Hall–Kier alpha value is -0.360. The van der Waals surface area contributed by atoms with Crippen LogP contribution >= 0.6 is 0 Å². The fourth-order valence-electron chi connectivity index (χ4n) is 12.7. The molecule has 0 radical (unpaired) electrons. The Morgan fingerprint density at radius 3 is 1.00 bits per heavy atom. The SMILES string of the molecule is CON1C2NC3NC(NC4C5CCCCC5C(NC5NC(NC1C1CCCCC12)C1CCCCC51)N4C)C1CCCCC31. The molecule has 8 bridgehead atoms. The van der Waals surface area contributed by atoms with Gasteiger partial charge in [-0.25, -0.2) is 0 Å². The third kappa shape index (κ3) is 4.73. The van der Waals surface area contributed by atoms with Gasteiger partial charge >= 0.3 is 0 Å². The molecule has 0 aromatic heterocycles. The number of nitrogens with zero attached hydrogens (tertiary/aromatic N) is 2. The number of rotatable bonds is 1. The molecular weight excluding hydrogens is 536 g/mol. The van der Waals surface area contributed by atoms with Gasteiger partial charge in [-0.05, 0) is 106 Å². The lowest BCUT2D eigenvalue weighted by atomic mass is 9.76. The Labute approximate surface area is 260 Å². The summed E-state index contributed by atoms with van der Waals surface area (Å²) < 4.78 is 0. The van der Waals surface area contributed by atoms with Gasteiger partial charge in [-0.3, -0.25) is 41.6 Å². The van der Waals surface area contributed by atoms with E-state index in [0.717, 1.165) is 11.8 Å². The molecule has 6 N–H and O–H groups in total. The van der Waals surface area contributed by atoms with E-state index >= 15 is 0 Å². The van der Waals surface area contributed by atoms with Crippen molar-refractivity contribution < 1.29 is 4.84 Å². The highest BCUT2D eigenvalue weighted by molar-refractivity contribution is 5.08. The van der Waals surface area contributed by atoms with Gasteiger partial charge in [-0.1, -0.05) is 51.4 Å². The summed E-state index contributed by atoms with van der Waals surface area (Å²) >= 11 is 0. The van der Waals surface area contributed by atoms with E-state index < -0.39 is 0 Å². The van der Waals surface area contributed by atoms with E-state index in [4.69, 9.17) is 4.84 Å². The lowest BCUT2D eigenvalue weighted by molar-refractivity contribution is -0.192. The molecule has 0 amide bonds. The van der Waals surface area contributed by atoms with Gasteiger partial charge in [0.05, 0.1) is 56.4 Å². The van der Waals surface area contributed by atoms with E-state index in [1.165, 1.54) is 103 Å². The first-order valence-corrected chi connectivity index (χ1v) is 18.8. The van der Waals surface area contributed by atoms with Crippen LogP contribution in [0.5, 0.6) is 0 Å². The zero-order valence-corrected chi connectivity index (χ0v) is 26.9. The van der Waals surface area contributed by atoms with Crippen LogP contribution < -0.4 is 31.9 Å². The molecule has 0 aromatic rings. The van der Waals surface area contributed by atoms with Crippen molar-refractivity contribution in [3.05, 3.63) is 0 Å². The van der Waals surface area contributed by atoms with E-state index in [1.54, 1.807) is 0 Å². The number of hydroxylamine groups is 2. The van der Waals surface area contributed by atoms with Crippen LogP contribution in [0.15, 0.2) is 0 Å². The van der Waals surface area contributed by atoms with E-state index in [1.807, 2.05) is 7.11 Å². The average molecular weight is 597 g/mol. The highest BCUT2D eigenvalue weighted by atomic mass is 16.7. The Morgan fingerprint density at radius 1 is 0.395 bits per heavy atom. The number of nitrogens with one attached hydrogen (secondary N) is 6. The van der Waals surface area contributed by atoms with Crippen LogP contribution in [-0.2, 0) is 4.84 Å². The summed E-state index contributed by atoms with van der Waals surface area (Å²) in [5, 5.41) is 28.1. The number of fused-ring (bicyclic) bond motifs is 20. The van der Waals surface area contributed by atoms with Crippen molar-refractivity contribution in [3.8, 4) is 0 Å². The van der Waals surface area contributed by atoms with Gasteiger partial charge in [0, 0.05) is 0 Å². The van der Waals surface area contributed by atoms with Crippen LogP contribution in [-0.4, -0.2) is 73.4 Å². The van der Waals surface area contributed by atoms with Crippen LogP contribution in [0.2, 0.25) is 0 Å². The van der Waals surface area contributed by atoms with Crippen LogP contribution in [0.25, 0.3) is 0 Å². The van der Waals surface area contributed by atoms with Crippen LogP contribution in [0.1, 0.15) is 103 Å². The maximum atomic E-state index is 6.40. The molecule has 16 atom stereocenters. The summed E-state index contributed by atoms with van der Waals surface area (Å²) in [5.41, 5.74) is 0. The van der Waals surface area contributed by atoms with Crippen molar-refractivity contribution in [3.63, 3.8) is 0 Å². The zero-order valence-electron chi connectivity index (χ0n) is 26.9. The quantitative estimate of drug-likeness (QED) is 0.273. The topological polar surface area (TPSA) is 87.9 Å². The highest BCUT2D eigenvalue weighted by Gasteiger charge is 2.57. The van der Waals surface area contributed by atoms with Gasteiger partial charge in [-0.15, -0.1) is 0 Å². The van der Waals surface area contributed by atoms with E-state index in [2.05, 4.69) is 48.9 Å². The molecule has 9 fully saturated rings. The smallest absolute Gasteiger partial charge is 0.0905 e. The molecule has 0 aromatic carbocycles. The third-order valence-electron chi connectivity index (χ3n) is 14.6. The molecule has 5 aliphatic heterocycles. The summed E-state index contributed by atoms with van der Waals surface area (Å²) in [7, 11) is 4.37. The average Bonchev–Trinajstić information content (AvgIpc) is 3.74. The van der Waals surface area contributed by atoms with Gasteiger partial charge in [0.2, 0.25) is 0 Å². The molecule has 9 rings (SSSR count). The van der Waals surface area contributed by atoms with Crippen molar-refractivity contribution in [2.45, 2.75) is 152 Å². The first-order chi connectivity index (χ1) is 21.2. The third-order valence-corrected chi connectivity index (χ3v) is 14.6. The van der Waals surface area contributed by atoms with Gasteiger partial charge < -0.3 is 0 Å². The molecule has 43 heavy (non-hydrogen) atoms. The van der Waals surface area contributed by atoms with Gasteiger partial charge in [0.1, 0.15) is 0 Å². The minimum Gasteiger partial charge on any atom is -0.299 e. The van der Waals surface area contributed by atoms with Gasteiger partial charge in [0.15, 0.2) is 0 Å². The maximum Gasteiger partial charge on any atom is 0.0905 e. The molecule has 16 unspecified atom stereocenters. The summed E-state index contributed by atoms with van der Waals surface area (Å²) in [5.74, 6) is 5.56. The summed E-state index contributed by atoms with van der Waals surface area (Å²) in [6.45, 7) is 0. The minimum absolute atomic E-state index is 0.262. The Bertz CT molecular complexity index is 927. The molecule has 5 heterocycles. The van der Waals surface area contributed by atoms with Crippen molar-refractivity contribution >= 4 is 0 Å². The van der Waals surface area contributed by atoms with Crippen molar-refractivity contribution in [1.82, 2.24) is 41.9 Å². The monoisotopic (exact) mass is 596 g/mol. The molecule has 9 aliphatic rings. The number of hydrogen-bond acceptors (Lipinski definition) is 9. The van der Waals surface area contributed by atoms with E-state index in [-0.39, 0.29) is 12.3 Å². The Morgan fingerprint density at radius 2 is 0.674 bits per heavy atom. The van der Waals surface area contributed by atoms with Gasteiger partial charge in [-0.2, -0.15) is 5.06 Å². The predicted octanol–water partition coefficient (Wildman–Crippen LogP) is 3.22. The normalized spacial score (nSPS) is 55.4. The summed E-state index contributed by atoms with van der Waals surface area (Å²) in [6.07, 6.45) is 24.7. The summed E-state index contributed by atoms with van der Waals surface area (Å²) in [6, 6.07) is 0. The van der Waals surface area contributed by atoms with E-state index in [0.29, 0.717) is 72.5 Å². The van der Waals surface area contributed by atoms with Crippen molar-refractivity contribution in [2.75, 3.05) is 14.2 Å². The fourth-order valence-corrected chi connectivity index (χ4v) is 12.7. The Kier molecular flexibility index (Phi) is 7.85. The first-order valence-electron chi connectivity index (χ1n) is 18.8. The largest absolute Gasteiger partial charge is 0.299 e. The molecule has 5 saturated heterocycles. The Balaban J connectivity index is 1.09. The van der Waals surface area contributed by atoms with Crippen LogP contribution in [0.3, 0.4) is 0 Å². The van der Waals surface area contributed by atoms with Crippen molar-refractivity contribution in [2.24, 2.45) is 47.3 Å². The fraction of sp³-hybridized carbons (Fsp3) is 1.00. The lowest BCUT2D eigenvalue weighted by Crippen LogP contribution is -2.62. The predicted molar refractivity (Wildman–Crippen MR) is 168 cm³/mol. The second-order valence-corrected chi connectivity index (χ2v) is 16.3. The molecular formula is C34H60N8O. The zero-order chi connectivity index (χ0) is 28.7. The minimum atomic E-state index is 0.262. The lowest BCUT2D eigenvalue weighted by Gasteiger charge is -2.37. The van der Waals surface area contributed by atoms with Gasteiger partial charge in [0.25, 0.3) is 0 Å². The molecule has 0 spiro atoms. The van der Waals surface area contributed by atoms with E-state index in [9.17, 15) is 0 Å². The molecule has 9 heteroatoms. The number of hydrogen-bond donors (Lipinski definition) is 6. The second-order valence-electron chi connectivity index (χ2n) is 16.3. The molecule has 9 nitrogen and oxygen atoms in total. The first kappa shape index (κ1) is 28.8. The maximum absolute atomic E-state index is 6.40. The molecule has 4 aliphatic carbocycles. The standard InChI is InChI=1S/C34H60N8O/c1-41-31-23-15-7-8-16-24(23)32(41)38-28-20-12-4-6-14-22(20)30(36-28)40-34-26-18-10-9-17-25(26)33(42(34)43-2)39-29-21-13-5-3-11-19(21)27(35-29)37-31/h19-40H,3-18H2,1-2H3. The summed E-state index contributed by atoms with van der Waals surface area (Å²) in [4.78, 5) is 9.14. The van der Waals surface area contributed by atoms with Crippen LogP contribution in [0, 0.1) is 47.3 Å². The molecule has 242 valence electrons. The molecule has 4 saturated carbocycles.